The summed E-state index contributed by atoms with van der Waals surface area (Å²) >= 11 is 0. The van der Waals surface area contributed by atoms with Crippen molar-refractivity contribution in [1.82, 2.24) is 0 Å². The molecule has 2 fully saturated rings. The molecule has 1 saturated heterocycles. The molecule has 2 aliphatic rings. The van der Waals surface area contributed by atoms with Gasteiger partial charge in [0, 0.05) is 12.8 Å². The van der Waals surface area contributed by atoms with Gasteiger partial charge in [0.2, 0.25) is 0 Å². The van der Waals surface area contributed by atoms with Gasteiger partial charge in [-0.25, -0.2) is 0 Å². The number of hydrogen-bond donors (Lipinski definition) is 5. The van der Waals surface area contributed by atoms with Crippen molar-refractivity contribution in [3.05, 3.63) is 0 Å². The number of ether oxygens (including phenoxy) is 2. The molecule has 5 N–H and O–H groups in total. The molecule has 0 unspecified atom stereocenters. The maximum atomic E-state index is 10.2. The van der Waals surface area contributed by atoms with Crippen LogP contribution in [0.4, 0.5) is 0 Å². The van der Waals surface area contributed by atoms with Crippen LogP contribution >= 0.6 is 0 Å². The minimum absolute atomic E-state index is 0.433. The van der Waals surface area contributed by atoms with Crippen LogP contribution < -0.4 is 0 Å². The molecule has 0 aromatic rings. The van der Waals surface area contributed by atoms with Gasteiger partial charge < -0.3 is 35.0 Å². The summed E-state index contributed by atoms with van der Waals surface area (Å²) in [7, 11) is 0. The SMILES string of the molecule is OC[C@H]1O[C@H](OC2(O)CCCCC2)[C@H](O)[C@@H](O)[C@@H]1O. The number of aliphatic hydroxyl groups is 5. The van der Waals surface area contributed by atoms with Crippen LogP contribution in [0.25, 0.3) is 0 Å². The Morgan fingerprint density at radius 1 is 1.00 bits per heavy atom. The van der Waals surface area contributed by atoms with Crippen molar-refractivity contribution in [2.45, 2.75) is 68.6 Å². The smallest absolute Gasteiger partial charge is 0.189 e. The van der Waals surface area contributed by atoms with Gasteiger partial charge in [0.15, 0.2) is 12.1 Å². The van der Waals surface area contributed by atoms with E-state index in [0.29, 0.717) is 12.8 Å². The van der Waals surface area contributed by atoms with Crippen LogP contribution in [-0.4, -0.2) is 68.6 Å². The number of aliphatic hydroxyl groups excluding tert-OH is 4. The highest BCUT2D eigenvalue weighted by molar-refractivity contribution is 4.90. The largest absolute Gasteiger partial charge is 0.394 e. The molecule has 2 rings (SSSR count). The lowest BCUT2D eigenvalue weighted by molar-refractivity contribution is -0.366. The molecule has 0 aromatic carbocycles. The van der Waals surface area contributed by atoms with E-state index in [4.69, 9.17) is 14.6 Å². The van der Waals surface area contributed by atoms with Gasteiger partial charge in [-0.05, 0) is 12.8 Å². The lowest BCUT2D eigenvalue weighted by atomic mass is 9.93. The van der Waals surface area contributed by atoms with Crippen molar-refractivity contribution < 1.29 is 35.0 Å². The van der Waals surface area contributed by atoms with E-state index >= 15 is 0 Å². The molecular weight excluding hydrogens is 256 g/mol. The highest BCUT2D eigenvalue weighted by Gasteiger charge is 2.47. The third-order valence-electron chi connectivity index (χ3n) is 3.82. The summed E-state index contributed by atoms with van der Waals surface area (Å²) in [6.07, 6.45) is -3.14. The Balaban J connectivity index is 2.02. The normalized spacial score (nSPS) is 43.1. The first kappa shape index (κ1) is 15.1. The number of hydrogen-bond acceptors (Lipinski definition) is 7. The van der Waals surface area contributed by atoms with Crippen LogP contribution in [0, 0.1) is 0 Å². The van der Waals surface area contributed by atoms with Crippen LogP contribution in [-0.2, 0) is 9.47 Å². The molecule has 0 aromatic heterocycles. The summed E-state index contributed by atoms with van der Waals surface area (Å²) < 4.78 is 10.6. The average Bonchev–Trinajstić information content (AvgIpc) is 2.40. The quantitative estimate of drug-likeness (QED) is 0.397. The van der Waals surface area contributed by atoms with Gasteiger partial charge in [-0.1, -0.05) is 6.42 Å². The topological polar surface area (TPSA) is 120 Å². The molecule has 7 heteroatoms. The van der Waals surface area contributed by atoms with Crippen LogP contribution in [0.1, 0.15) is 32.1 Å². The first-order chi connectivity index (χ1) is 8.97. The minimum atomic E-state index is -1.48. The Kier molecular flexibility index (Phi) is 4.78. The van der Waals surface area contributed by atoms with E-state index in [-0.39, 0.29) is 0 Å². The molecule has 0 amide bonds. The van der Waals surface area contributed by atoms with E-state index in [1.807, 2.05) is 0 Å². The van der Waals surface area contributed by atoms with Gasteiger partial charge in [-0.15, -0.1) is 0 Å². The highest BCUT2D eigenvalue weighted by atomic mass is 16.8. The zero-order chi connectivity index (χ0) is 14.0. The van der Waals surface area contributed by atoms with Gasteiger partial charge in [0.25, 0.3) is 0 Å². The molecule has 112 valence electrons. The monoisotopic (exact) mass is 278 g/mol. The lowest BCUT2D eigenvalue weighted by Gasteiger charge is -2.43. The number of rotatable bonds is 3. The first-order valence-corrected chi connectivity index (χ1v) is 6.67. The fraction of sp³-hybridized carbons (Fsp3) is 1.00. The van der Waals surface area contributed by atoms with Crippen molar-refractivity contribution in [2.24, 2.45) is 0 Å². The Morgan fingerprint density at radius 3 is 2.21 bits per heavy atom. The molecule has 1 saturated carbocycles. The van der Waals surface area contributed by atoms with E-state index in [2.05, 4.69) is 0 Å². The zero-order valence-electron chi connectivity index (χ0n) is 10.7. The van der Waals surface area contributed by atoms with E-state index in [1.54, 1.807) is 0 Å². The first-order valence-electron chi connectivity index (χ1n) is 6.67. The Labute approximate surface area is 111 Å². The Hall–Kier alpha value is -0.280. The van der Waals surface area contributed by atoms with Crippen molar-refractivity contribution in [1.29, 1.82) is 0 Å². The van der Waals surface area contributed by atoms with Gasteiger partial charge >= 0.3 is 0 Å². The standard InChI is InChI=1S/C12H22O7/c13-6-7-8(14)9(15)10(16)11(18-7)19-12(17)4-2-1-3-5-12/h7-11,13-17H,1-6H2/t7-,8-,9+,10-,11-/m1/s1. The molecule has 5 atom stereocenters. The maximum absolute atomic E-state index is 10.2. The Morgan fingerprint density at radius 2 is 1.63 bits per heavy atom. The average molecular weight is 278 g/mol. The predicted octanol–water partition coefficient (Wildman–Crippen LogP) is -1.54. The summed E-state index contributed by atoms with van der Waals surface area (Å²) in [4.78, 5) is 0. The summed E-state index contributed by atoms with van der Waals surface area (Å²) in [6, 6.07) is 0. The van der Waals surface area contributed by atoms with E-state index in [1.165, 1.54) is 0 Å². The summed E-state index contributed by atoms with van der Waals surface area (Å²) in [5.41, 5.74) is 0. The maximum Gasteiger partial charge on any atom is 0.189 e. The second-order valence-electron chi connectivity index (χ2n) is 5.32. The summed E-state index contributed by atoms with van der Waals surface area (Å²) in [6.45, 7) is -0.511. The van der Waals surface area contributed by atoms with Gasteiger partial charge in [0.05, 0.1) is 6.61 Å². The highest BCUT2D eigenvalue weighted by Crippen LogP contribution is 2.33. The molecule has 7 nitrogen and oxygen atoms in total. The van der Waals surface area contributed by atoms with Gasteiger partial charge in [0.1, 0.15) is 24.4 Å². The molecule has 1 aliphatic carbocycles. The van der Waals surface area contributed by atoms with E-state index in [9.17, 15) is 20.4 Å². The van der Waals surface area contributed by atoms with Crippen molar-refractivity contribution in [2.75, 3.05) is 6.61 Å². The molecule has 1 aliphatic heterocycles. The minimum Gasteiger partial charge on any atom is -0.394 e. The third-order valence-corrected chi connectivity index (χ3v) is 3.82. The molecule has 0 radical (unpaired) electrons. The zero-order valence-corrected chi connectivity index (χ0v) is 10.7. The van der Waals surface area contributed by atoms with Gasteiger partial charge in [-0.3, -0.25) is 0 Å². The van der Waals surface area contributed by atoms with Crippen molar-refractivity contribution in [3.8, 4) is 0 Å². The van der Waals surface area contributed by atoms with E-state index < -0.39 is 43.1 Å². The summed E-state index contributed by atoms with van der Waals surface area (Å²) in [5.74, 6) is -1.38. The molecule has 19 heavy (non-hydrogen) atoms. The third kappa shape index (κ3) is 3.25. The second-order valence-corrected chi connectivity index (χ2v) is 5.32. The van der Waals surface area contributed by atoms with Crippen LogP contribution in [0.2, 0.25) is 0 Å². The van der Waals surface area contributed by atoms with Crippen LogP contribution in [0.5, 0.6) is 0 Å². The molecular formula is C12H22O7. The van der Waals surface area contributed by atoms with E-state index in [0.717, 1.165) is 19.3 Å². The van der Waals surface area contributed by atoms with Crippen LogP contribution in [0.3, 0.4) is 0 Å². The van der Waals surface area contributed by atoms with Gasteiger partial charge in [-0.2, -0.15) is 0 Å². The Bertz CT molecular complexity index is 290. The molecule has 1 heterocycles. The van der Waals surface area contributed by atoms with Crippen molar-refractivity contribution >= 4 is 0 Å². The second kappa shape index (κ2) is 6.01. The molecule has 0 bridgehead atoms. The fourth-order valence-corrected chi connectivity index (χ4v) is 2.60. The predicted molar refractivity (Wildman–Crippen MR) is 62.9 cm³/mol. The fourth-order valence-electron chi connectivity index (χ4n) is 2.60. The lowest BCUT2D eigenvalue weighted by Crippen LogP contribution is -2.61. The van der Waals surface area contributed by atoms with Crippen LogP contribution in [0.15, 0.2) is 0 Å². The summed E-state index contributed by atoms with van der Waals surface area (Å²) in [5, 5.41) is 48.4. The molecule has 0 spiro atoms. The van der Waals surface area contributed by atoms with Crippen molar-refractivity contribution in [3.63, 3.8) is 0 Å².